The molecule has 0 bridgehead atoms. The monoisotopic (exact) mass is 203 g/mol. The summed E-state index contributed by atoms with van der Waals surface area (Å²) in [7, 11) is 0. The van der Waals surface area contributed by atoms with Crippen LogP contribution in [0.4, 0.5) is 5.82 Å². The number of rotatable bonds is 3. The largest absolute Gasteiger partial charge is 0.487 e. The molecule has 0 radical (unpaired) electrons. The van der Waals surface area contributed by atoms with E-state index in [2.05, 4.69) is 9.97 Å². The summed E-state index contributed by atoms with van der Waals surface area (Å²) in [6.45, 7) is 2.45. The van der Waals surface area contributed by atoms with Crippen LogP contribution in [-0.4, -0.2) is 9.97 Å². The molecule has 4 nitrogen and oxygen atoms in total. The van der Waals surface area contributed by atoms with Crippen molar-refractivity contribution in [2.45, 2.75) is 13.5 Å². The van der Waals surface area contributed by atoms with Crippen molar-refractivity contribution in [1.82, 2.24) is 9.97 Å². The van der Waals surface area contributed by atoms with Crippen LogP contribution in [0, 0.1) is 6.92 Å². The van der Waals surface area contributed by atoms with Gasteiger partial charge in [0.2, 0.25) is 0 Å². The van der Waals surface area contributed by atoms with Crippen molar-refractivity contribution < 1.29 is 4.74 Å². The average molecular weight is 203 g/mol. The molecule has 0 saturated heterocycles. The number of nitrogen functional groups attached to an aromatic ring is 1. The lowest BCUT2D eigenvalue weighted by Crippen LogP contribution is -1.99. The molecule has 2 aromatic rings. The molecule has 2 rings (SSSR count). The second kappa shape index (κ2) is 4.04. The number of benzene rings is 1. The van der Waals surface area contributed by atoms with Gasteiger partial charge in [0.1, 0.15) is 18.2 Å². The zero-order valence-electron chi connectivity index (χ0n) is 8.53. The van der Waals surface area contributed by atoms with E-state index in [0.717, 1.165) is 11.4 Å². The molecule has 0 atom stereocenters. The van der Waals surface area contributed by atoms with Crippen molar-refractivity contribution in [3.05, 3.63) is 41.9 Å². The smallest absolute Gasteiger partial charge is 0.148 e. The third-order valence-corrected chi connectivity index (χ3v) is 2.16. The van der Waals surface area contributed by atoms with Crippen LogP contribution in [0.25, 0.3) is 0 Å². The summed E-state index contributed by atoms with van der Waals surface area (Å²) in [5.74, 6) is 1.32. The molecule has 1 heterocycles. The highest BCUT2D eigenvalue weighted by Gasteiger charge is 2.01. The van der Waals surface area contributed by atoms with Gasteiger partial charge in [0.05, 0.1) is 12.0 Å². The van der Waals surface area contributed by atoms with Gasteiger partial charge in [-0.3, -0.25) is 0 Å². The lowest BCUT2D eigenvalue weighted by molar-refractivity contribution is 0.302. The Morgan fingerprint density at radius 1 is 1.33 bits per heavy atom. The van der Waals surface area contributed by atoms with E-state index in [1.54, 1.807) is 6.33 Å². The van der Waals surface area contributed by atoms with Gasteiger partial charge < -0.3 is 15.5 Å². The zero-order chi connectivity index (χ0) is 10.7. The summed E-state index contributed by atoms with van der Waals surface area (Å²) in [5.41, 5.74) is 7.62. The molecule has 1 aromatic carbocycles. The molecule has 0 aliphatic rings. The minimum absolute atomic E-state index is 0.412. The van der Waals surface area contributed by atoms with E-state index in [4.69, 9.17) is 10.5 Å². The fourth-order valence-electron chi connectivity index (χ4n) is 1.24. The maximum absolute atomic E-state index is 5.61. The number of nitrogens with zero attached hydrogens (tertiary/aromatic N) is 1. The van der Waals surface area contributed by atoms with E-state index in [1.165, 1.54) is 5.56 Å². The first-order valence-electron chi connectivity index (χ1n) is 4.73. The Bertz CT molecular complexity index is 433. The van der Waals surface area contributed by atoms with Gasteiger partial charge in [-0.05, 0) is 19.1 Å². The first kappa shape index (κ1) is 9.58. The van der Waals surface area contributed by atoms with E-state index >= 15 is 0 Å². The second-order valence-corrected chi connectivity index (χ2v) is 3.37. The normalized spacial score (nSPS) is 10.2. The van der Waals surface area contributed by atoms with E-state index in [0.29, 0.717) is 12.4 Å². The number of H-pyrrole nitrogens is 1. The fraction of sp³-hybridized carbons (Fsp3) is 0.182. The number of ether oxygens (including phenoxy) is 1. The fourth-order valence-corrected chi connectivity index (χ4v) is 1.24. The molecule has 78 valence electrons. The van der Waals surface area contributed by atoms with Gasteiger partial charge in [0.25, 0.3) is 0 Å². The number of imidazole rings is 1. The molecule has 15 heavy (non-hydrogen) atoms. The third kappa shape index (κ3) is 2.28. The predicted molar refractivity (Wildman–Crippen MR) is 58.5 cm³/mol. The van der Waals surface area contributed by atoms with Crippen LogP contribution in [0.15, 0.2) is 30.6 Å². The number of aromatic nitrogens is 2. The van der Waals surface area contributed by atoms with Gasteiger partial charge in [-0.15, -0.1) is 0 Å². The molecule has 4 heteroatoms. The maximum Gasteiger partial charge on any atom is 0.148 e. The molecule has 1 aromatic heterocycles. The van der Waals surface area contributed by atoms with Gasteiger partial charge in [0, 0.05) is 0 Å². The summed E-state index contributed by atoms with van der Waals surface area (Å²) >= 11 is 0. The summed E-state index contributed by atoms with van der Waals surface area (Å²) < 4.78 is 5.53. The Morgan fingerprint density at radius 3 is 2.67 bits per heavy atom. The summed E-state index contributed by atoms with van der Waals surface area (Å²) in [6, 6.07) is 7.88. The number of aromatic amines is 1. The summed E-state index contributed by atoms with van der Waals surface area (Å²) in [5, 5.41) is 0. The van der Waals surface area contributed by atoms with Gasteiger partial charge in [-0.1, -0.05) is 17.7 Å². The van der Waals surface area contributed by atoms with E-state index in [1.807, 2.05) is 31.2 Å². The first-order chi connectivity index (χ1) is 7.25. The molecule has 0 unspecified atom stereocenters. The number of aryl methyl sites for hydroxylation is 1. The quantitative estimate of drug-likeness (QED) is 0.800. The molecular formula is C11H13N3O. The van der Waals surface area contributed by atoms with Crippen molar-refractivity contribution >= 4 is 5.82 Å². The SMILES string of the molecule is Cc1ccc(OCc2[nH]cnc2N)cc1. The predicted octanol–water partition coefficient (Wildman–Crippen LogP) is 1.88. The van der Waals surface area contributed by atoms with Crippen LogP contribution in [0.2, 0.25) is 0 Å². The minimum Gasteiger partial charge on any atom is -0.487 e. The molecule has 0 aliphatic carbocycles. The Kier molecular flexibility index (Phi) is 2.58. The molecule has 0 amide bonds. The molecular weight excluding hydrogens is 190 g/mol. The standard InChI is InChI=1S/C11H13N3O/c1-8-2-4-9(5-3-8)15-6-10-11(12)14-7-13-10/h2-5,7H,6,12H2,1H3,(H,13,14). The Morgan fingerprint density at radius 2 is 2.07 bits per heavy atom. The highest BCUT2D eigenvalue weighted by atomic mass is 16.5. The molecule has 0 saturated carbocycles. The number of anilines is 1. The van der Waals surface area contributed by atoms with Crippen molar-refractivity contribution in [2.24, 2.45) is 0 Å². The number of hydrogen-bond donors (Lipinski definition) is 2. The van der Waals surface area contributed by atoms with Crippen LogP contribution in [-0.2, 0) is 6.61 Å². The van der Waals surface area contributed by atoms with Crippen LogP contribution < -0.4 is 10.5 Å². The van der Waals surface area contributed by atoms with E-state index < -0.39 is 0 Å². The lowest BCUT2D eigenvalue weighted by atomic mass is 10.2. The highest BCUT2D eigenvalue weighted by Crippen LogP contribution is 2.14. The van der Waals surface area contributed by atoms with Gasteiger partial charge in [0.15, 0.2) is 0 Å². The molecule has 0 aliphatic heterocycles. The lowest BCUT2D eigenvalue weighted by Gasteiger charge is -2.05. The van der Waals surface area contributed by atoms with Crippen LogP contribution in [0.1, 0.15) is 11.3 Å². The number of hydrogen-bond acceptors (Lipinski definition) is 3. The second-order valence-electron chi connectivity index (χ2n) is 3.37. The minimum atomic E-state index is 0.412. The van der Waals surface area contributed by atoms with Gasteiger partial charge in [-0.2, -0.15) is 0 Å². The highest BCUT2D eigenvalue weighted by molar-refractivity contribution is 5.34. The van der Waals surface area contributed by atoms with E-state index in [-0.39, 0.29) is 0 Å². The number of nitrogens with one attached hydrogen (secondary N) is 1. The van der Waals surface area contributed by atoms with Crippen LogP contribution in [0.3, 0.4) is 0 Å². The van der Waals surface area contributed by atoms with Crippen molar-refractivity contribution in [3.8, 4) is 5.75 Å². The Labute approximate surface area is 88.1 Å². The molecule has 0 fully saturated rings. The van der Waals surface area contributed by atoms with Crippen LogP contribution >= 0.6 is 0 Å². The Balaban J connectivity index is 1.99. The summed E-state index contributed by atoms with van der Waals surface area (Å²) in [4.78, 5) is 6.81. The summed E-state index contributed by atoms with van der Waals surface area (Å²) in [6.07, 6.45) is 1.56. The van der Waals surface area contributed by atoms with Gasteiger partial charge >= 0.3 is 0 Å². The van der Waals surface area contributed by atoms with E-state index in [9.17, 15) is 0 Å². The maximum atomic E-state index is 5.61. The molecule has 0 spiro atoms. The van der Waals surface area contributed by atoms with Crippen molar-refractivity contribution in [2.75, 3.05) is 5.73 Å². The van der Waals surface area contributed by atoms with Crippen LogP contribution in [0.5, 0.6) is 5.75 Å². The third-order valence-electron chi connectivity index (χ3n) is 2.16. The Hall–Kier alpha value is -1.97. The zero-order valence-corrected chi connectivity index (χ0v) is 8.53. The van der Waals surface area contributed by atoms with Crippen molar-refractivity contribution in [1.29, 1.82) is 0 Å². The number of nitrogens with two attached hydrogens (primary N) is 1. The first-order valence-corrected chi connectivity index (χ1v) is 4.73. The molecule has 3 N–H and O–H groups in total. The average Bonchev–Trinajstić information content (AvgIpc) is 2.63. The van der Waals surface area contributed by atoms with Crippen molar-refractivity contribution in [3.63, 3.8) is 0 Å². The topological polar surface area (TPSA) is 63.9 Å². The van der Waals surface area contributed by atoms with Gasteiger partial charge in [-0.25, -0.2) is 4.98 Å².